The number of carbonyl (C=O) groups excluding carboxylic acids is 1. The number of esters is 1. The van der Waals surface area contributed by atoms with Gasteiger partial charge < -0.3 is 14.8 Å². The normalized spacial score (nSPS) is 22.8. The van der Waals surface area contributed by atoms with E-state index in [9.17, 15) is 4.79 Å². The number of halogens is 1. The van der Waals surface area contributed by atoms with Crippen molar-refractivity contribution in [3.8, 4) is 5.75 Å². The van der Waals surface area contributed by atoms with Gasteiger partial charge >= 0.3 is 5.97 Å². The van der Waals surface area contributed by atoms with Crippen LogP contribution in [0, 0.1) is 5.92 Å². The lowest BCUT2D eigenvalue weighted by molar-refractivity contribution is -0.145. The summed E-state index contributed by atoms with van der Waals surface area (Å²) in [6.45, 7) is 1.44. The number of hydrogen-bond donors (Lipinski definition) is 1. The summed E-state index contributed by atoms with van der Waals surface area (Å²) in [5.41, 5.74) is 1.11. The van der Waals surface area contributed by atoms with Gasteiger partial charge in [-0.25, -0.2) is 0 Å². The van der Waals surface area contributed by atoms with E-state index in [2.05, 4.69) is 21.2 Å². The van der Waals surface area contributed by atoms with E-state index in [-0.39, 0.29) is 17.8 Å². The van der Waals surface area contributed by atoms with E-state index < -0.39 is 0 Å². The van der Waals surface area contributed by atoms with Crippen molar-refractivity contribution >= 4 is 21.9 Å². The molecule has 2 rings (SSSR count). The molecule has 0 aromatic heterocycles. The van der Waals surface area contributed by atoms with Crippen LogP contribution in [0.1, 0.15) is 11.5 Å². The number of methoxy groups -OCH3 is 2. The van der Waals surface area contributed by atoms with Crippen molar-refractivity contribution in [3.63, 3.8) is 0 Å². The molecule has 0 bridgehead atoms. The predicted molar refractivity (Wildman–Crippen MR) is 71.8 cm³/mol. The summed E-state index contributed by atoms with van der Waals surface area (Å²) in [5, 5.41) is 3.24. The van der Waals surface area contributed by atoms with Gasteiger partial charge in [0.05, 0.1) is 20.1 Å². The lowest BCUT2D eigenvalue weighted by Crippen LogP contribution is -2.23. The second kappa shape index (κ2) is 5.71. The number of rotatable bonds is 3. The molecular weight excluding hydrogens is 298 g/mol. The second-order valence-corrected chi connectivity index (χ2v) is 5.14. The van der Waals surface area contributed by atoms with Crippen LogP contribution in [0.3, 0.4) is 0 Å². The van der Waals surface area contributed by atoms with Gasteiger partial charge in [-0.05, 0) is 17.7 Å². The Morgan fingerprint density at radius 3 is 2.78 bits per heavy atom. The molecular formula is C13H16BrNO3. The minimum absolute atomic E-state index is 0.125. The molecule has 1 fully saturated rings. The first-order valence-corrected chi connectivity index (χ1v) is 6.58. The van der Waals surface area contributed by atoms with Crippen molar-refractivity contribution in [2.24, 2.45) is 5.92 Å². The third kappa shape index (κ3) is 2.52. The monoisotopic (exact) mass is 313 g/mol. The van der Waals surface area contributed by atoms with Gasteiger partial charge in [-0.1, -0.05) is 22.0 Å². The minimum atomic E-state index is -0.160. The Balaban J connectivity index is 2.27. The van der Waals surface area contributed by atoms with E-state index in [0.29, 0.717) is 6.54 Å². The Kier molecular flexibility index (Phi) is 4.24. The predicted octanol–water partition coefficient (Wildman–Crippen LogP) is 1.93. The standard InChI is InChI=1S/C13H16BrNO3/c1-17-8-3-4-9(12(14)5-8)10-6-15-7-11(10)13(16)18-2/h3-5,10-11,15H,6-7H2,1-2H3. The summed E-state index contributed by atoms with van der Waals surface area (Å²) in [5.74, 6) is 0.649. The largest absolute Gasteiger partial charge is 0.497 e. The van der Waals surface area contributed by atoms with Crippen LogP contribution >= 0.6 is 15.9 Å². The zero-order valence-electron chi connectivity index (χ0n) is 10.4. The summed E-state index contributed by atoms with van der Waals surface area (Å²) in [7, 11) is 3.07. The van der Waals surface area contributed by atoms with Gasteiger partial charge in [0.1, 0.15) is 5.75 Å². The first-order chi connectivity index (χ1) is 8.67. The van der Waals surface area contributed by atoms with Crippen LogP contribution in [0.5, 0.6) is 5.75 Å². The SMILES string of the molecule is COC(=O)C1CNCC1c1ccc(OC)cc1Br. The number of hydrogen-bond acceptors (Lipinski definition) is 4. The topological polar surface area (TPSA) is 47.6 Å². The molecule has 4 nitrogen and oxygen atoms in total. The van der Waals surface area contributed by atoms with Gasteiger partial charge in [-0.3, -0.25) is 4.79 Å². The molecule has 1 heterocycles. The zero-order valence-corrected chi connectivity index (χ0v) is 12.0. The fourth-order valence-electron chi connectivity index (χ4n) is 2.34. The Bertz CT molecular complexity index is 450. The molecule has 2 atom stereocenters. The smallest absolute Gasteiger partial charge is 0.310 e. The van der Waals surface area contributed by atoms with Crippen LogP contribution in [-0.2, 0) is 9.53 Å². The maximum Gasteiger partial charge on any atom is 0.310 e. The number of nitrogens with one attached hydrogen (secondary N) is 1. The van der Waals surface area contributed by atoms with Crippen LogP contribution < -0.4 is 10.1 Å². The van der Waals surface area contributed by atoms with E-state index in [0.717, 1.165) is 22.3 Å². The van der Waals surface area contributed by atoms with Crippen molar-refractivity contribution < 1.29 is 14.3 Å². The molecule has 1 saturated heterocycles. The minimum Gasteiger partial charge on any atom is -0.497 e. The highest BCUT2D eigenvalue weighted by molar-refractivity contribution is 9.10. The molecule has 0 amide bonds. The number of carbonyl (C=O) groups is 1. The summed E-state index contributed by atoms with van der Waals surface area (Å²) in [6, 6.07) is 5.82. The quantitative estimate of drug-likeness (QED) is 0.866. The molecule has 98 valence electrons. The fraction of sp³-hybridized carbons (Fsp3) is 0.462. The summed E-state index contributed by atoms with van der Waals surface area (Å²) >= 11 is 3.54. The Labute approximate surface area is 115 Å². The van der Waals surface area contributed by atoms with E-state index in [1.807, 2.05) is 18.2 Å². The van der Waals surface area contributed by atoms with Crippen molar-refractivity contribution in [1.29, 1.82) is 0 Å². The van der Waals surface area contributed by atoms with Crippen molar-refractivity contribution in [2.45, 2.75) is 5.92 Å². The summed E-state index contributed by atoms with van der Waals surface area (Å²) in [4.78, 5) is 11.7. The van der Waals surface area contributed by atoms with E-state index >= 15 is 0 Å². The van der Waals surface area contributed by atoms with Crippen LogP contribution in [0.25, 0.3) is 0 Å². The lowest BCUT2D eigenvalue weighted by atomic mass is 9.89. The van der Waals surface area contributed by atoms with Crippen LogP contribution in [0.4, 0.5) is 0 Å². The molecule has 18 heavy (non-hydrogen) atoms. The molecule has 2 unspecified atom stereocenters. The second-order valence-electron chi connectivity index (χ2n) is 4.28. The molecule has 0 radical (unpaired) electrons. The van der Waals surface area contributed by atoms with Gasteiger partial charge in [0.2, 0.25) is 0 Å². The van der Waals surface area contributed by atoms with Gasteiger partial charge in [0.25, 0.3) is 0 Å². The Morgan fingerprint density at radius 1 is 1.39 bits per heavy atom. The zero-order chi connectivity index (χ0) is 13.1. The fourth-order valence-corrected chi connectivity index (χ4v) is 2.99. The highest BCUT2D eigenvalue weighted by atomic mass is 79.9. The third-order valence-corrected chi connectivity index (χ3v) is 4.01. The van der Waals surface area contributed by atoms with E-state index in [1.54, 1.807) is 7.11 Å². The van der Waals surface area contributed by atoms with Gasteiger partial charge in [0, 0.05) is 23.5 Å². The molecule has 1 aromatic rings. The highest BCUT2D eigenvalue weighted by Gasteiger charge is 2.35. The van der Waals surface area contributed by atoms with E-state index in [1.165, 1.54) is 7.11 Å². The maximum atomic E-state index is 11.7. The first kappa shape index (κ1) is 13.4. The van der Waals surface area contributed by atoms with Crippen LogP contribution in [0.15, 0.2) is 22.7 Å². The van der Waals surface area contributed by atoms with Crippen molar-refractivity contribution in [1.82, 2.24) is 5.32 Å². The van der Waals surface area contributed by atoms with E-state index in [4.69, 9.17) is 9.47 Å². The first-order valence-electron chi connectivity index (χ1n) is 5.79. The lowest BCUT2D eigenvalue weighted by Gasteiger charge is -2.18. The van der Waals surface area contributed by atoms with Crippen molar-refractivity contribution in [3.05, 3.63) is 28.2 Å². The van der Waals surface area contributed by atoms with Crippen molar-refractivity contribution in [2.75, 3.05) is 27.3 Å². The molecule has 0 aliphatic carbocycles. The van der Waals surface area contributed by atoms with Gasteiger partial charge in [0.15, 0.2) is 0 Å². The van der Waals surface area contributed by atoms with Crippen LogP contribution in [-0.4, -0.2) is 33.3 Å². The number of benzene rings is 1. The summed E-state index contributed by atoms with van der Waals surface area (Å²) < 4.78 is 11.0. The molecule has 0 spiro atoms. The molecule has 1 N–H and O–H groups in total. The highest BCUT2D eigenvalue weighted by Crippen LogP contribution is 2.35. The van der Waals surface area contributed by atoms with Gasteiger partial charge in [-0.2, -0.15) is 0 Å². The van der Waals surface area contributed by atoms with Gasteiger partial charge in [-0.15, -0.1) is 0 Å². The summed E-state index contributed by atoms with van der Waals surface area (Å²) in [6.07, 6.45) is 0. The third-order valence-electron chi connectivity index (χ3n) is 3.33. The molecule has 1 aliphatic rings. The molecule has 0 saturated carbocycles. The number of ether oxygens (including phenoxy) is 2. The Hall–Kier alpha value is -1.07. The maximum absolute atomic E-state index is 11.7. The molecule has 1 aliphatic heterocycles. The van der Waals surface area contributed by atoms with Crippen LogP contribution in [0.2, 0.25) is 0 Å². The Morgan fingerprint density at radius 2 is 2.17 bits per heavy atom. The average Bonchev–Trinajstić information content (AvgIpc) is 2.86. The molecule has 1 aromatic carbocycles. The molecule has 5 heteroatoms. The average molecular weight is 314 g/mol.